The lowest BCUT2D eigenvalue weighted by Gasteiger charge is -2.10. The SMILES string of the molecule is O=C(NCCc1nc(-c2ccncc2)cs1)c1ccc(C(F)(F)F)cc1Cl. The van der Waals surface area contributed by atoms with Crippen LogP contribution in [0.1, 0.15) is 20.9 Å². The maximum Gasteiger partial charge on any atom is 0.416 e. The molecule has 0 saturated heterocycles. The second-order valence-corrected chi connectivity index (χ2v) is 6.91. The lowest BCUT2D eigenvalue weighted by molar-refractivity contribution is -0.137. The first-order valence-electron chi connectivity index (χ1n) is 7.84. The largest absolute Gasteiger partial charge is 0.416 e. The molecule has 0 aliphatic rings. The minimum Gasteiger partial charge on any atom is -0.352 e. The van der Waals surface area contributed by atoms with Gasteiger partial charge in [0.1, 0.15) is 0 Å². The summed E-state index contributed by atoms with van der Waals surface area (Å²) < 4.78 is 37.9. The highest BCUT2D eigenvalue weighted by Crippen LogP contribution is 2.32. The zero-order chi connectivity index (χ0) is 19.4. The van der Waals surface area contributed by atoms with Crippen molar-refractivity contribution in [3.63, 3.8) is 0 Å². The zero-order valence-electron chi connectivity index (χ0n) is 13.8. The van der Waals surface area contributed by atoms with E-state index < -0.39 is 17.6 Å². The number of carbonyl (C=O) groups excluding carboxylic acids is 1. The van der Waals surface area contributed by atoms with Crippen LogP contribution in [0.25, 0.3) is 11.3 Å². The summed E-state index contributed by atoms with van der Waals surface area (Å²) in [6.07, 6.45) is -0.638. The van der Waals surface area contributed by atoms with E-state index in [2.05, 4.69) is 15.3 Å². The Bertz CT molecular complexity index is 945. The van der Waals surface area contributed by atoms with Gasteiger partial charge in [0.25, 0.3) is 5.91 Å². The highest BCUT2D eigenvalue weighted by Gasteiger charge is 2.31. The van der Waals surface area contributed by atoms with E-state index in [9.17, 15) is 18.0 Å². The van der Waals surface area contributed by atoms with Gasteiger partial charge in [0.15, 0.2) is 0 Å². The second-order valence-electron chi connectivity index (χ2n) is 5.56. The number of halogens is 4. The molecule has 0 fully saturated rings. The van der Waals surface area contributed by atoms with Crippen LogP contribution in [0.2, 0.25) is 5.02 Å². The van der Waals surface area contributed by atoms with Crippen molar-refractivity contribution < 1.29 is 18.0 Å². The third kappa shape index (κ3) is 4.84. The minimum atomic E-state index is -4.50. The standard InChI is InChI=1S/C18H13ClF3N3OS/c19-14-9-12(18(20,21)22)1-2-13(14)17(26)24-8-5-16-25-15(10-27-16)11-3-6-23-7-4-11/h1-4,6-7,9-10H,5,8H2,(H,24,26). The van der Waals surface area contributed by atoms with E-state index in [0.717, 1.165) is 34.5 Å². The first kappa shape index (κ1) is 19.3. The van der Waals surface area contributed by atoms with Crippen molar-refractivity contribution in [2.45, 2.75) is 12.6 Å². The fourth-order valence-corrected chi connectivity index (χ4v) is 3.41. The van der Waals surface area contributed by atoms with Gasteiger partial charge >= 0.3 is 6.18 Å². The van der Waals surface area contributed by atoms with Gasteiger partial charge < -0.3 is 5.32 Å². The number of hydrogen-bond donors (Lipinski definition) is 1. The van der Waals surface area contributed by atoms with Crippen molar-refractivity contribution in [2.75, 3.05) is 6.54 Å². The molecule has 0 bridgehead atoms. The summed E-state index contributed by atoms with van der Waals surface area (Å²) in [5, 5.41) is 5.16. The van der Waals surface area contributed by atoms with Gasteiger partial charge in [-0.3, -0.25) is 9.78 Å². The molecule has 0 saturated carbocycles. The Morgan fingerprint density at radius 3 is 2.59 bits per heavy atom. The fourth-order valence-electron chi connectivity index (χ4n) is 2.33. The van der Waals surface area contributed by atoms with Crippen molar-refractivity contribution in [3.05, 3.63) is 69.3 Å². The molecule has 140 valence electrons. The molecule has 2 heterocycles. The first-order valence-corrected chi connectivity index (χ1v) is 9.10. The highest BCUT2D eigenvalue weighted by atomic mass is 35.5. The quantitative estimate of drug-likeness (QED) is 0.653. The summed E-state index contributed by atoms with van der Waals surface area (Å²) in [6, 6.07) is 6.37. The number of hydrogen-bond acceptors (Lipinski definition) is 4. The molecule has 0 spiro atoms. The van der Waals surface area contributed by atoms with Crippen molar-refractivity contribution >= 4 is 28.8 Å². The molecule has 2 aromatic heterocycles. The lowest BCUT2D eigenvalue weighted by Crippen LogP contribution is -2.26. The van der Waals surface area contributed by atoms with Crippen LogP contribution in [0.5, 0.6) is 0 Å². The molecule has 3 rings (SSSR count). The molecule has 4 nitrogen and oxygen atoms in total. The van der Waals surface area contributed by atoms with E-state index >= 15 is 0 Å². The van der Waals surface area contributed by atoms with Crippen molar-refractivity contribution in [1.29, 1.82) is 0 Å². The number of pyridine rings is 1. The molecule has 1 amide bonds. The molecule has 9 heteroatoms. The molecule has 1 aromatic carbocycles. The van der Waals surface area contributed by atoms with Crippen LogP contribution in [0.3, 0.4) is 0 Å². The first-order chi connectivity index (χ1) is 12.8. The maximum absolute atomic E-state index is 12.6. The van der Waals surface area contributed by atoms with Crippen molar-refractivity contribution in [3.8, 4) is 11.3 Å². The molecule has 27 heavy (non-hydrogen) atoms. The van der Waals surface area contributed by atoms with Gasteiger partial charge in [-0.1, -0.05) is 11.6 Å². The van der Waals surface area contributed by atoms with Crippen LogP contribution in [-0.2, 0) is 12.6 Å². The van der Waals surface area contributed by atoms with Crippen molar-refractivity contribution in [2.24, 2.45) is 0 Å². The van der Waals surface area contributed by atoms with E-state index in [1.54, 1.807) is 12.4 Å². The van der Waals surface area contributed by atoms with Crippen molar-refractivity contribution in [1.82, 2.24) is 15.3 Å². The molecule has 0 aliphatic heterocycles. The Labute approximate surface area is 162 Å². The summed E-state index contributed by atoms with van der Waals surface area (Å²) in [4.78, 5) is 20.6. The number of thiazole rings is 1. The molecule has 0 unspecified atom stereocenters. The third-order valence-corrected chi connectivity index (χ3v) is 4.91. The van der Waals surface area contributed by atoms with Crippen LogP contribution in [0.4, 0.5) is 13.2 Å². The number of carbonyl (C=O) groups is 1. The molecular formula is C18H13ClF3N3OS. The Balaban J connectivity index is 1.58. The molecular weight excluding hydrogens is 399 g/mol. The highest BCUT2D eigenvalue weighted by molar-refractivity contribution is 7.09. The minimum absolute atomic E-state index is 0.00119. The average molecular weight is 412 g/mol. The van der Waals surface area contributed by atoms with Crippen LogP contribution < -0.4 is 5.32 Å². The Morgan fingerprint density at radius 1 is 1.19 bits per heavy atom. The zero-order valence-corrected chi connectivity index (χ0v) is 15.3. The van der Waals surface area contributed by atoms with Gasteiger partial charge in [-0.2, -0.15) is 13.2 Å². The van der Waals surface area contributed by atoms with E-state index in [1.165, 1.54) is 11.3 Å². The molecule has 0 atom stereocenters. The van der Waals surface area contributed by atoms with Gasteiger partial charge in [-0.15, -0.1) is 11.3 Å². The van der Waals surface area contributed by atoms with Gasteiger partial charge in [0, 0.05) is 36.3 Å². The maximum atomic E-state index is 12.6. The van der Waals surface area contributed by atoms with Crippen LogP contribution >= 0.6 is 22.9 Å². The Hall–Kier alpha value is -2.45. The number of amides is 1. The van der Waals surface area contributed by atoms with Gasteiger partial charge in [-0.05, 0) is 30.3 Å². The lowest BCUT2D eigenvalue weighted by atomic mass is 10.1. The topological polar surface area (TPSA) is 54.9 Å². The van der Waals surface area contributed by atoms with E-state index in [4.69, 9.17) is 11.6 Å². The van der Waals surface area contributed by atoms with E-state index in [0.29, 0.717) is 13.0 Å². The Kier molecular flexibility index (Phi) is 5.76. The van der Waals surface area contributed by atoms with Crippen LogP contribution in [0.15, 0.2) is 48.1 Å². The molecule has 0 radical (unpaired) electrons. The number of benzene rings is 1. The predicted octanol–water partition coefficient (Wildman–Crippen LogP) is 4.85. The van der Waals surface area contributed by atoms with Crippen LogP contribution in [-0.4, -0.2) is 22.4 Å². The smallest absolute Gasteiger partial charge is 0.352 e. The summed E-state index contributed by atoms with van der Waals surface area (Å²) in [5.41, 5.74) is 0.888. The second kappa shape index (κ2) is 8.06. The van der Waals surface area contributed by atoms with E-state index in [1.807, 2.05) is 17.5 Å². The number of nitrogens with one attached hydrogen (secondary N) is 1. The fraction of sp³-hybridized carbons (Fsp3) is 0.167. The summed E-state index contributed by atoms with van der Waals surface area (Å²) in [6.45, 7) is 0.291. The molecule has 0 aliphatic carbocycles. The van der Waals surface area contributed by atoms with Gasteiger partial charge in [0.2, 0.25) is 0 Å². The normalized spacial score (nSPS) is 11.4. The van der Waals surface area contributed by atoms with E-state index in [-0.39, 0.29) is 10.6 Å². The number of alkyl halides is 3. The molecule has 1 N–H and O–H groups in total. The summed E-state index contributed by atoms with van der Waals surface area (Å²) in [5.74, 6) is -0.528. The monoisotopic (exact) mass is 411 g/mol. The third-order valence-electron chi connectivity index (χ3n) is 3.69. The van der Waals surface area contributed by atoms with Gasteiger partial charge in [-0.25, -0.2) is 4.98 Å². The van der Waals surface area contributed by atoms with Crippen LogP contribution in [0, 0.1) is 0 Å². The van der Waals surface area contributed by atoms with Gasteiger partial charge in [0.05, 0.1) is 26.9 Å². The molecule has 3 aromatic rings. The predicted molar refractivity (Wildman–Crippen MR) is 97.8 cm³/mol. The number of rotatable bonds is 5. The Morgan fingerprint density at radius 2 is 1.93 bits per heavy atom. The number of nitrogens with zero attached hydrogens (tertiary/aromatic N) is 2. The number of aromatic nitrogens is 2. The average Bonchev–Trinajstić information content (AvgIpc) is 3.10. The summed E-state index contributed by atoms with van der Waals surface area (Å²) >= 11 is 7.29. The summed E-state index contributed by atoms with van der Waals surface area (Å²) in [7, 11) is 0.